The minimum Gasteiger partial charge on any atom is -0.393 e. The Morgan fingerprint density at radius 1 is 1.00 bits per heavy atom. The van der Waals surface area contributed by atoms with Crippen LogP contribution in [0, 0.1) is 22.7 Å². The van der Waals surface area contributed by atoms with Crippen LogP contribution >= 0.6 is 0 Å². The Kier molecular flexibility index (Phi) is 9.62. The average Bonchev–Trinajstić information content (AvgIpc) is 2.50. The summed E-state index contributed by atoms with van der Waals surface area (Å²) >= 11 is 0. The number of aliphatic hydroxyl groups excluding tert-OH is 1. The van der Waals surface area contributed by atoms with Gasteiger partial charge < -0.3 is 5.11 Å². The Morgan fingerprint density at radius 2 is 1.59 bits per heavy atom. The Morgan fingerprint density at radius 3 is 2.14 bits per heavy atom. The number of allylic oxidation sites excluding steroid dienone is 2. The molecule has 0 aromatic heterocycles. The molecule has 1 N–H and O–H groups in total. The fourth-order valence-corrected chi connectivity index (χ4v) is 5.02. The van der Waals surface area contributed by atoms with Gasteiger partial charge in [0.2, 0.25) is 0 Å². The van der Waals surface area contributed by atoms with Gasteiger partial charge in [-0.15, -0.1) is 0 Å². The molecular formula is C21H42O. The SMILES string of the molecule is C/C=C/CC1C(O)CCC2C(C)(C)CCCC12C.CC.CC. The zero-order chi connectivity index (χ0) is 17.4. The molecule has 0 saturated heterocycles. The van der Waals surface area contributed by atoms with Crippen LogP contribution in [-0.2, 0) is 0 Å². The van der Waals surface area contributed by atoms with E-state index in [2.05, 4.69) is 39.8 Å². The normalized spacial score (nSPS) is 36.5. The zero-order valence-electron chi connectivity index (χ0n) is 16.6. The first-order valence-corrected chi connectivity index (χ1v) is 9.71. The number of hydrogen-bond donors (Lipinski definition) is 1. The summed E-state index contributed by atoms with van der Waals surface area (Å²) in [5.74, 6) is 1.25. The molecule has 4 atom stereocenters. The van der Waals surface area contributed by atoms with E-state index in [0.717, 1.165) is 18.8 Å². The zero-order valence-corrected chi connectivity index (χ0v) is 16.6. The van der Waals surface area contributed by atoms with Crippen LogP contribution in [0.25, 0.3) is 0 Å². The molecule has 0 aromatic rings. The fourth-order valence-electron chi connectivity index (χ4n) is 5.02. The van der Waals surface area contributed by atoms with Gasteiger partial charge in [-0.25, -0.2) is 0 Å². The van der Waals surface area contributed by atoms with Crippen LogP contribution in [-0.4, -0.2) is 11.2 Å². The lowest BCUT2D eigenvalue weighted by Gasteiger charge is -2.58. The first kappa shape index (κ1) is 21.7. The summed E-state index contributed by atoms with van der Waals surface area (Å²) in [6, 6.07) is 0. The Bertz CT molecular complexity index is 318. The highest BCUT2D eigenvalue weighted by atomic mass is 16.3. The molecule has 0 aliphatic heterocycles. The topological polar surface area (TPSA) is 20.2 Å². The third-order valence-electron chi connectivity index (χ3n) is 5.96. The van der Waals surface area contributed by atoms with Crippen LogP contribution in [0.3, 0.4) is 0 Å². The second kappa shape index (κ2) is 9.75. The lowest BCUT2D eigenvalue weighted by Crippen LogP contribution is -2.53. The molecule has 2 aliphatic rings. The van der Waals surface area contributed by atoms with Crippen LogP contribution in [0.5, 0.6) is 0 Å². The van der Waals surface area contributed by atoms with Crippen LogP contribution in [0.1, 0.15) is 93.9 Å². The second-order valence-electron chi connectivity index (χ2n) is 7.46. The average molecular weight is 311 g/mol. The Hall–Kier alpha value is -0.300. The molecule has 0 heterocycles. The molecule has 0 radical (unpaired) electrons. The van der Waals surface area contributed by atoms with Crippen molar-refractivity contribution in [2.45, 2.75) is 100 Å². The maximum absolute atomic E-state index is 10.4. The lowest BCUT2D eigenvalue weighted by molar-refractivity contribution is -0.121. The van der Waals surface area contributed by atoms with Crippen molar-refractivity contribution in [2.75, 3.05) is 0 Å². The van der Waals surface area contributed by atoms with Crippen LogP contribution in [0.4, 0.5) is 0 Å². The van der Waals surface area contributed by atoms with E-state index in [1.807, 2.05) is 27.7 Å². The Labute approximate surface area is 140 Å². The smallest absolute Gasteiger partial charge is 0.0576 e. The first-order valence-electron chi connectivity index (χ1n) is 9.71. The second-order valence-corrected chi connectivity index (χ2v) is 7.46. The van der Waals surface area contributed by atoms with Crippen molar-refractivity contribution in [3.8, 4) is 0 Å². The van der Waals surface area contributed by atoms with E-state index in [1.165, 1.54) is 25.7 Å². The minimum atomic E-state index is -0.0867. The molecule has 0 aromatic carbocycles. The summed E-state index contributed by atoms with van der Waals surface area (Å²) in [7, 11) is 0. The highest BCUT2D eigenvalue weighted by molar-refractivity contribution is 5.05. The molecule has 22 heavy (non-hydrogen) atoms. The van der Waals surface area contributed by atoms with Gasteiger partial charge in [0.05, 0.1) is 6.10 Å². The molecular weight excluding hydrogens is 268 g/mol. The summed E-state index contributed by atoms with van der Waals surface area (Å²) in [5, 5.41) is 10.4. The van der Waals surface area contributed by atoms with E-state index >= 15 is 0 Å². The largest absolute Gasteiger partial charge is 0.393 e. The van der Waals surface area contributed by atoms with Crippen LogP contribution < -0.4 is 0 Å². The maximum Gasteiger partial charge on any atom is 0.0576 e. The van der Waals surface area contributed by atoms with Gasteiger partial charge in [-0.1, -0.05) is 67.0 Å². The highest BCUT2D eigenvalue weighted by Crippen LogP contribution is 2.60. The number of hydrogen-bond acceptors (Lipinski definition) is 1. The maximum atomic E-state index is 10.4. The molecule has 1 heteroatoms. The number of aliphatic hydroxyl groups is 1. The lowest BCUT2D eigenvalue weighted by atomic mass is 9.47. The van der Waals surface area contributed by atoms with Crippen molar-refractivity contribution in [3.05, 3.63) is 12.2 Å². The highest BCUT2D eigenvalue weighted by Gasteiger charge is 2.53. The van der Waals surface area contributed by atoms with Gasteiger partial charge >= 0.3 is 0 Å². The van der Waals surface area contributed by atoms with E-state index in [0.29, 0.717) is 16.7 Å². The van der Waals surface area contributed by atoms with Gasteiger partial charge in [0, 0.05) is 0 Å². The predicted molar refractivity (Wildman–Crippen MR) is 100 cm³/mol. The molecule has 0 bridgehead atoms. The summed E-state index contributed by atoms with van der Waals surface area (Å²) in [6.07, 6.45) is 11.6. The van der Waals surface area contributed by atoms with Gasteiger partial charge in [-0.05, 0) is 61.7 Å². The fraction of sp³-hybridized carbons (Fsp3) is 0.905. The van der Waals surface area contributed by atoms with E-state index in [9.17, 15) is 5.11 Å². The molecule has 2 fully saturated rings. The molecule has 2 aliphatic carbocycles. The number of rotatable bonds is 2. The van der Waals surface area contributed by atoms with Gasteiger partial charge in [-0.3, -0.25) is 0 Å². The third-order valence-corrected chi connectivity index (χ3v) is 5.96. The Balaban J connectivity index is 0.00000102. The molecule has 0 spiro atoms. The van der Waals surface area contributed by atoms with Gasteiger partial charge in [0.15, 0.2) is 0 Å². The minimum absolute atomic E-state index is 0.0867. The monoisotopic (exact) mass is 310 g/mol. The van der Waals surface area contributed by atoms with Crippen molar-refractivity contribution < 1.29 is 5.11 Å². The van der Waals surface area contributed by atoms with Gasteiger partial charge in [-0.2, -0.15) is 0 Å². The molecule has 1 nitrogen and oxygen atoms in total. The van der Waals surface area contributed by atoms with Crippen LogP contribution in [0.2, 0.25) is 0 Å². The predicted octanol–water partition coefficient (Wildman–Crippen LogP) is 6.61. The molecule has 2 saturated carbocycles. The molecule has 132 valence electrons. The van der Waals surface area contributed by atoms with Crippen molar-refractivity contribution in [1.82, 2.24) is 0 Å². The van der Waals surface area contributed by atoms with E-state index < -0.39 is 0 Å². The quantitative estimate of drug-likeness (QED) is 0.569. The van der Waals surface area contributed by atoms with E-state index in [1.54, 1.807) is 0 Å². The van der Waals surface area contributed by atoms with Crippen molar-refractivity contribution >= 4 is 0 Å². The van der Waals surface area contributed by atoms with Gasteiger partial charge in [0.1, 0.15) is 0 Å². The third kappa shape index (κ3) is 4.60. The van der Waals surface area contributed by atoms with Crippen LogP contribution in [0.15, 0.2) is 12.2 Å². The first-order chi connectivity index (χ1) is 10.4. The van der Waals surface area contributed by atoms with Gasteiger partial charge in [0.25, 0.3) is 0 Å². The number of fused-ring (bicyclic) bond motifs is 1. The van der Waals surface area contributed by atoms with Crippen molar-refractivity contribution in [1.29, 1.82) is 0 Å². The molecule has 0 amide bonds. The molecule has 4 unspecified atom stereocenters. The van der Waals surface area contributed by atoms with E-state index in [-0.39, 0.29) is 6.10 Å². The summed E-state index contributed by atoms with van der Waals surface area (Å²) in [4.78, 5) is 0. The standard InChI is InChI=1S/C17H30O.2C2H6/c1-5-6-8-13-14(18)9-10-15-16(2,3)11-7-12-17(13,15)4;2*1-2/h5-6,13-15,18H,7-12H2,1-4H3;2*1-2H3/b6-5+;;. The van der Waals surface area contributed by atoms with E-state index in [4.69, 9.17) is 0 Å². The summed E-state index contributed by atoms with van der Waals surface area (Å²) < 4.78 is 0. The summed E-state index contributed by atoms with van der Waals surface area (Å²) in [6.45, 7) is 17.4. The molecule has 2 rings (SSSR count). The van der Waals surface area contributed by atoms with Crippen molar-refractivity contribution in [2.24, 2.45) is 22.7 Å². The van der Waals surface area contributed by atoms with Crippen molar-refractivity contribution in [3.63, 3.8) is 0 Å². The summed E-state index contributed by atoms with van der Waals surface area (Å²) in [5.41, 5.74) is 0.806.